The van der Waals surface area contributed by atoms with Crippen molar-refractivity contribution in [3.05, 3.63) is 30.6 Å². The second-order valence-corrected chi connectivity index (χ2v) is 19.9. The van der Waals surface area contributed by atoms with Crippen LogP contribution in [0.4, 0.5) is 0 Å². The summed E-state index contributed by atoms with van der Waals surface area (Å²) in [6, 6.07) is 6.29. The van der Waals surface area contributed by atoms with Crippen LogP contribution in [0, 0.1) is 0 Å². The Hall–Kier alpha value is -2.25. The Kier molecular flexibility index (Phi) is 10.6. The molecule has 0 N–H and O–H groups in total. The highest BCUT2D eigenvalue weighted by molar-refractivity contribution is 7.90. The van der Waals surface area contributed by atoms with Crippen molar-refractivity contribution < 1.29 is 27.1 Å². The molecule has 1 fully saturated rings. The third-order valence-electron chi connectivity index (χ3n) is 8.07. The molecule has 3 heterocycles. The van der Waals surface area contributed by atoms with Crippen molar-refractivity contribution in [1.29, 1.82) is 0 Å². The zero-order valence-electron chi connectivity index (χ0n) is 26.3. The fraction of sp³-hybridized carbons (Fsp3) is 0.667. The van der Waals surface area contributed by atoms with Crippen molar-refractivity contribution in [3.8, 4) is 17.0 Å². The summed E-state index contributed by atoms with van der Waals surface area (Å²) in [6.07, 6.45) is 8.57. The lowest BCUT2D eigenvalue weighted by atomic mass is 10.1. The summed E-state index contributed by atoms with van der Waals surface area (Å²) in [5.41, 5.74) is 2.82. The maximum atomic E-state index is 11.2. The van der Waals surface area contributed by atoms with E-state index in [1.165, 1.54) is 6.26 Å². The van der Waals surface area contributed by atoms with E-state index in [0.29, 0.717) is 32.8 Å². The molecule has 10 nitrogen and oxygen atoms in total. The monoisotopic (exact) mass is 620 g/mol. The Balaban J connectivity index is 1.47. The zero-order chi connectivity index (χ0) is 30.5. The first-order valence-electron chi connectivity index (χ1n) is 15.0. The average molecular weight is 621 g/mol. The molecule has 12 heteroatoms. The van der Waals surface area contributed by atoms with Crippen LogP contribution in [0.1, 0.15) is 59.6 Å². The van der Waals surface area contributed by atoms with E-state index in [0.717, 1.165) is 53.8 Å². The zero-order valence-corrected chi connectivity index (χ0v) is 28.1. The molecule has 0 saturated carbocycles. The Bertz CT molecular complexity index is 1420. The van der Waals surface area contributed by atoms with Crippen LogP contribution in [-0.2, 0) is 30.6 Å². The van der Waals surface area contributed by atoms with E-state index in [2.05, 4.69) is 57.2 Å². The molecule has 3 aromatic rings. The van der Waals surface area contributed by atoms with Crippen LogP contribution in [0.25, 0.3) is 22.2 Å². The van der Waals surface area contributed by atoms with Gasteiger partial charge in [0.2, 0.25) is 8.32 Å². The summed E-state index contributed by atoms with van der Waals surface area (Å²) in [7, 11) is -4.97. The van der Waals surface area contributed by atoms with Gasteiger partial charge in [-0.15, -0.1) is 0 Å². The SMILES string of the molecule is C[C@H](Cn1cc(-c2nn(C3CCCCO3)c3ccc(O[Si](C)(C)C(C)(C)C)cc23)cn1)OCCOCCCS(C)(=O)=O. The molecule has 0 bridgehead atoms. The van der Waals surface area contributed by atoms with Crippen LogP contribution in [0.2, 0.25) is 18.1 Å². The minimum absolute atomic E-state index is 0.0769. The van der Waals surface area contributed by atoms with E-state index >= 15 is 0 Å². The predicted molar refractivity (Wildman–Crippen MR) is 168 cm³/mol. The Morgan fingerprint density at radius 3 is 2.64 bits per heavy atom. The molecule has 2 atom stereocenters. The Morgan fingerprint density at radius 1 is 1.17 bits per heavy atom. The van der Waals surface area contributed by atoms with Crippen molar-refractivity contribution in [3.63, 3.8) is 0 Å². The molecule has 0 amide bonds. The number of nitrogens with zero attached hydrogens (tertiary/aromatic N) is 4. The van der Waals surface area contributed by atoms with Gasteiger partial charge in [0.15, 0.2) is 6.23 Å². The number of rotatable bonds is 14. The number of hydrogen-bond acceptors (Lipinski definition) is 8. The topological polar surface area (TPSA) is 107 Å². The summed E-state index contributed by atoms with van der Waals surface area (Å²) < 4.78 is 50.5. The first kappa shape index (κ1) is 32.7. The Labute approximate surface area is 251 Å². The Morgan fingerprint density at radius 2 is 1.95 bits per heavy atom. The quantitative estimate of drug-likeness (QED) is 0.164. The van der Waals surface area contributed by atoms with Crippen molar-refractivity contribution in [1.82, 2.24) is 19.6 Å². The number of aromatic nitrogens is 4. The van der Waals surface area contributed by atoms with Crippen molar-refractivity contribution in [2.24, 2.45) is 0 Å². The van der Waals surface area contributed by atoms with Gasteiger partial charge in [0.25, 0.3) is 0 Å². The molecule has 1 aromatic carbocycles. The van der Waals surface area contributed by atoms with Crippen molar-refractivity contribution in [2.75, 3.05) is 38.4 Å². The van der Waals surface area contributed by atoms with Gasteiger partial charge in [0, 0.05) is 36.6 Å². The highest BCUT2D eigenvalue weighted by atomic mass is 32.2. The normalized spacial score (nSPS) is 17.5. The van der Waals surface area contributed by atoms with E-state index in [-0.39, 0.29) is 23.1 Å². The lowest BCUT2D eigenvalue weighted by Gasteiger charge is -2.36. The third kappa shape index (κ3) is 8.65. The first-order valence-corrected chi connectivity index (χ1v) is 19.9. The molecular weight excluding hydrogens is 573 g/mol. The predicted octanol–water partition coefficient (Wildman–Crippen LogP) is 5.84. The molecule has 1 saturated heterocycles. The van der Waals surface area contributed by atoms with Crippen LogP contribution < -0.4 is 4.43 Å². The number of hydrogen-bond donors (Lipinski definition) is 0. The summed E-state index contributed by atoms with van der Waals surface area (Å²) in [6.45, 7) is 15.8. The fourth-order valence-electron chi connectivity index (χ4n) is 4.72. The van der Waals surface area contributed by atoms with Gasteiger partial charge in [-0.25, -0.2) is 13.1 Å². The van der Waals surface area contributed by atoms with E-state index in [9.17, 15) is 8.42 Å². The van der Waals surface area contributed by atoms with Crippen LogP contribution in [-0.4, -0.2) is 80.8 Å². The summed E-state index contributed by atoms with van der Waals surface area (Å²) >= 11 is 0. The summed E-state index contributed by atoms with van der Waals surface area (Å²) in [5.74, 6) is 1.00. The molecule has 42 heavy (non-hydrogen) atoms. The number of sulfone groups is 1. The second kappa shape index (κ2) is 13.6. The molecule has 2 aromatic heterocycles. The van der Waals surface area contributed by atoms with Crippen LogP contribution in [0.5, 0.6) is 5.75 Å². The maximum absolute atomic E-state index is 11.2. The van der Waals surface area contributed by atoms with Crippen molar-refractivity contribution >= 4 is 29.1 Å². The number of benzene rings is 1. The molecular formula is C30H48N4O6SSi. The number of fused-ring (bicyclic) bond motifs is 1. The smallest absolute Gasteiger partial charge is 0.250 e. The molecule has 234 valence electrons. The lowest BCUT2D eigenvalue weighted by Crippen LogP contribution is -2.43. The standard InChI is InChI=1S/C30H48N4O6SSi/c1-23(38-17-16-37-14-10-18-41(5,35)36)21-33-22-24(20-31-33)29-26-19-25(40-42(6,7)30(2,3)4)12-13-27(26)34(32-29)28-11-8-9-15-39-28/h12-13,19-20,22-23,28H,8-11,14-18,21H2,1-7H3/t23-,28?/m1/s1. The van der Waals surface area contributed by atoms with E-state index in [1.54, 1.807) is 0 Å². The van der Waals surface area contributed by atoms with E-state index in [1.807, 2.05) is 28.7 Å². The summed E-state index contributed by atoms with van der Waals surface area (Å²) in [5, 5.41) is 10.8. The molecule has 0 radical (unpaired) electrons. The van der Waals surface area contributed by atoms with Gasteiger partial charge in [-0.3, -0.25) is 4.68 Å². The minimum Gasteiger partial charge on any atom is -0.543 e. The molecule has 1 unspecified atom stereocenters. The lowest BCUT2D eigenvalue weighted by molar-refractivity contribution is -0.0365. The minimum atomic E-state index is -2.95. The third-order valence-corrected chi connectivity index (χ3v) is 13.5. The first-order chi connectivity index (χ1) is 19.7. The van der Waals surface area contributed by atoms with Gasteiger partial charge in [-0.1, -0.05) is 20.8 Å². The molecule has 4 rings (SSSR count). The van der Waals surface area contributed by atoms with Gasteiger partial charge in [-0.2, -0.15) is 10.2 Å². The largest absolute Gasteiger partial charge is 0.543 e. The van der Waals surface area contributed by atoms with E-state index < -0.39 is 18.2 Å². The van der Waals surface area contributed by atoms with Gasteiger partial charge < -0.3 is 18.6 Å². The van der Waals surface area contributed by atoms with E-state index in [4.69, 9.17) is 23.7 Å². The average Bonchev–Trinajstić information content (AvgIpc) is 3.51. The molecule has 0 spiro atoms. The van der Waals surface area contributed by atoms with Crippen LogP contribution in [0.15, 0.2) is 30.6 Å². The highest BCUT2D eigenvalue weighted by Crippen LogP contribution is 2.39. The molecule has 1 aliphatic rings. The fourth-order valence-corrected chi connectivity index (χ4v) is 6.38. The van der Waals surface area contributed by atoms with Gasteiger partial charge in [0.05, 0.1) is 43.3 Å². The second-order valence-electron chi connectivity index (χ2n) is 12.9. The van der Waals surface area contributed by atoms with Gasteiger partial charge >= 0.3 is 0 Å². The van der Waals surface area contributed by atoms with Gasteiger partial charge in [0.1, 0.15) is 21.3 Å². The van der Waals surface area contributed by atoms with Crippen LogP contribution >= 0.6 is 0 Å². The highest BCUT2D eigenvalue weighted by Gasteiger charge is 2.39. The molecule has 0 aliphatic carbocycles. The van der Waals surface area contributed by atoms with Gasteiger partial charge in [-0.05, 0) is 68.9 Å². The number of ether oxygens (including phenoxy) is 3. The van der Waals surface area contributed by atoms with Crippen LogP contribution in [0.3, 0.4) is 0 Å². The molecule has 1 aliphatic heterocycles. The van der Waals surface area contributed by atoms with Crippen molar-refractivity contribution in [2.45, 2.75) is 90.4 Å². The summed E-state index contributed by atoms with van der Waals surface area (Å²) in [4.78, 5) is 0. The maximum Gasteiger partial charge on any atom is 0.250 e.